The van der Waals surface area contributed by atoms with Gasteiger partial charge in [-0.3, -0.25) is 0 Å². The monoisotopic (exact) mass is 251 g/mol. The van der Waals surface area contributed by atoms with Crippen LogP contribution in [0.1, 0.15) is 26.2 Å². The first kappa shape index (κ1) is 12.8. The number of unbranched alkanes of at least 4 members (excludes halogenated alkanes) is 1. The van der Waals surface area contributed by atoms with Gasteiger partial charge in [-0.15, -0.1) is 11.8 Å². The lowest BCUT2D eigenvalue weighted by Crippen LogP contribution is -2.26. The summed E-state index contributed by atoms with van der Waals surface area (Å²) in [5.41, 5.74) is 1.37. The molecule has 0 aromatic heterocycles. The number of para-hydroxylation sites is 1. The Hall–Kier alpha value is -0.670. The molecule has 0 bridgehead atoms. The minimum Gasteiger partial charge on any atom is -0.396 e. The molecule has 0 amide bonds. The van der Waals surface area contributed by atoms with Crippen LogP contribution in [0.3, 0.4) is 0 Å². The van der Waals surface area contributed by atoms with Gasteiger partial charge in [-0.1, -0.05) is 19.1 Å². The van der Waals surface area contributed by atoms with Crippen molar-refractivity contribution in [1.29, 1.82) is 0 Å². The van der Waals surface area contributed by atoms with Crippen molar-refractivity contribution in [3.05, 3.63) is 24.3 Å². The van der Waals surface area contributed by atoms with Gasteiger partial charge in [0.1, 0.15) is 0 Å². The fourth-order valence-electron chi connectivity index (χ4n) is 2.20. The van der Waals surface area contributed by atoms with E-state index in [2.05, 4.69) is 36.1 Å². The topological polar surface area (TPSA) is 23.5 Å². The van der Waals surface area contributed by atoms with Gasteiger partial charge in [-0.2, -0.15) is 0 Å². The highest BCUT2D eigenvalue weighted by Crippen LogP contribution is 2.37. The number of hydrogen-bond acceptors (Lipinski definition) is 3. The van der Waals surface area contributed by atoms with Crippen molar-refractivity contribution >= 4 is 17.4 Å². The Morgan fingerprint density at radius 3 is 3.00 bits per heavy atom. The first-order chi connectivity index (χ1) is 8.31. The zero-order valence-corrected chi connectivity index (χ0v) is 11.2. The van der Waals surface area contributed by atoms with E-state index in [1.165, 1.54) is 17.0 Å². The summed E-state index contributed by atoms with van der Waals surface area (Å²) in [6.07, 6.45) is 3.21. The van der Waals surface area contributed by atoms with E-state index in [9.17, 15) is 0 Å². The highest BCUT2D eigenvalue weighted by molar-refractivity contribution is 8.00. The second-order valence-electron chi connectivity index (χ2n) is 4.60. The van der Waals surface area contributed by atoms with Crippen LogP contribution in [-0.2, 0) is 0 Å². The van der Waals surface area contributed by atoms with Gasteiger partial charge in [0.2, 0.25) is 0 Å². The molecule has 1 aromatic rings. The number of anilines is 1. The molecule has 3 heteroatoms. The fraction of sp³-hybridized carbons (Fsp3) is 0.571. The Kier molecular flexibility index (Phi) is 4.75. The summed E-state index contributed by atoms with van der Waals surface area (Å²) in [6.45, 7) is 4.81. The summed E-state index contributed by atoms with van der Waals surface area (Å²) in [7, 11) is 0. The van der Waals surface area contributed by atoms with Crippen LogP contribution < -0.4 is 4.90 Å². The largest absolute Gasteiger partial charge is 0.396 e. The van der Waals surface area contributed by atoms with E-state index in [0.29, 0.717) is 11.9 Å². The molecule has 0 radical (unpaired) electrons. The molecule has 94 valence electrons. The first-order valence-corrected chi connectivity index (χ1v) is 7.30. The van der Waals surface area contributed by atoms with E-state index in [-0.39, 0.29) is 0 Å². The summed E-state index contributed by atoms with van der Waals surface area (Å²) < 4.78 is 0. The van der Waals surface area contributed by atoms with E-state index in [1.54, 1.807) is 0 Å². The molecule has 0 fully saturated rings. The molecule has 0 aliphatic carbocycles. The average Bonchev–Trinajstić information content (AvgIpc) is 2.49. The van der Waals surface area contributed by atoms with Crippen molar-refractivity contribution in [3.63, 3.8) is 0 Å². The lowest BCUT2D eigenvalue weighted by molar-refractivity contribution is 0.285. The zero-order chi connectivity index (χ0) is 12.1. The van der Waals surface area contributed by atoms with Gasteiger partial charge in [0.15, 0.2) is 0 Å². The summed E-state index contributed by atoms with van der Waals surface area (Å²) in [6, 6.07) is 8.68. The quantitative estimate of drug-likeness (QED) is 0.832. The molecule has 0 saturated carbocycles. The normalized spacial score (nSPS) is 19.9. The van der Waals surface area contributed by atoms with Crippen LogP contribution >= 0.6 is 11.8 Å². The molecule has 1 aromatic carbocycles. The molecule has 2 nitrogen and oxygen atoms in total. The van der Waals surface area contributed by atoms with Crippen LogP contribution in [0.15, 0.2) is 29.2 Å². The minimum atomic E-state index is 0.306. The van der Waals surface area contributed by atoms with E-state index >= 15 is 0 Å². The number of rotatable bonds is 4. The van der Waals surface area contributed by atoms with Gasteiger partial charge in [0.25, 0.3) is 0 Å². The second-order valence-corrected chi connectivity index (χ2v) is 6.08. The van der Waals surface area contributed by atoms with Gasteiger partial charge < -0.3 is 10.0 Å². The van der Waals surface area contributed by atoms with Crippen LogP contribution in [0, 0.1) is 0 Å². The molecular formula is C14H21NOS. The third-order valence-electron chi connectivity index (χ3n) is 3.18. The SMILES string of the molecule is CC1CCN(CCCCO)c2ccccc2S1. The summed E-state index contributed by atoms with van der Waals surface area (Å²) in [5, 5.41) is 9.56. The predicted octanol–water partition coefficient (Wildman–Crippen LogP) is 3.15. The van der Waals surface area contributed by atoms with Crippen molar-refractivity contribution in [2.24, 2.45) is 0 Å². The number of benzene rings is 1. The molecule has 2 rings (SSSR count). The fourth-order valence-corrected chi connectivity index (χ4v) is 3.33. The average molecular weight is 251 g/mol. The predicted molar refractivity (Wildman–Crippen MR) is 74.9 cm³/mol. The van der Waals surface area contributed by atoms with Crippen molar-refractivity contribution in [2.45, 2.75) is 36.3 Å². The molecule has 0 spiro atoms. The van der Waals surface area contributed by atoms with Crippen LogP contribution in [0.4, 0.5) is 5.69 Å². The Labute approximate surface area is 108 Å². The lowest BCUT2D eigenvalue weighted by atomic mass is 10.2. The number of aliphatic hydroxyl groups excluding tert-OH is 1. The molecule has 1 unspecified atom stereocenters. The van der Waals surface area contributed by atoms with Crippen molar-refractivity contribution in [3.8, 4) is 0 Å². The molecule has 1 aliphatic heterocycles. The third-order valence-corrected chi connectivity index (χ3v) is 4.41. The lowest BCUT2D eigenvalue weighted by Gasteiger charge is -2.24. The van der Waals surface area contributed by atoms with E-state index in [4.69, 9.17) is 5.11 Å². The van der Waals surface area contributed by atoms with E-state index < -0.39 is 0 Å². The highest BCUT2D eigenvalue weighted by Gasteiger charge is 2.18. The Morgan fingerprint density at radius 1 is 1.35 bits per heavy atom. The Bertz CT molecular complexity index is 356. The number of thioether (sulfide) groups is 1. The molecule has 1 atom stereocenters. The minimum absolute atomic E-state index is 0.306. The Balaban J connectivity index is 2.11. The summed E-state index contributed by atoms with van der Waals surface area (Å²) in [4.78, 5) is 3.88. The van der Waals surface area contributed by atoms with Crippen LogP contribution in [0.2, 0.25) is 0 Å². The maximum absolute atomic E-state index is 8.87. The molecule has 0 saturated heterocycles. The van der Waals surface area contributed by atoms with Crippen molar-refractivity contribution < 1.29 is 5.11 Å². The second kappa shape index (κ2) is 6.31. The zero-order valence-electron chi connectivity index (χ0n) is 10.4. The van der Waals surface area contributed by atoms with Gasteiger partial charge in [-0.05, 0) is 31.4 Å². The maximum atomic E-state index is 8.87. The van der Waals surface area contributed by atoms with E-state index in [0.717, 1.165) is 25.9 Å². The van der Waals surface area contributed by atoms with E-state index in [1.807, 2.05) is 11.8 Å². The first-order valence-electron chi connectivity index (χ1n) is 6.43. The highest BCUT2D eigenvalue weighted by atomic mass is 32.2. The molecule has 1 aliphatic rings. The number of nitrogens with zero attached hydrogens (tertiary/aromatic N) is 1. The van der Waals surface area contributed by atoms with Crippen molar-refractivity contribution in [2.75, 3.05) is 24.6 Å². The van der Waals surface area contributed by atoms with Gasteiger partial charge in [0.05, 0.1) is 5.69 Å². The summed E-state index contributed by atoms with van der Waals surface area (Å²) in [5.74, 6) is 0. The Morgan fingerprint density at radius 2 is 2.18 bits per heavy atom. The molecule has 17 heavy (non-hydrogen) atoms. The van der Waals surface area contributed by atoms with Crippen molar-refractivity contribution in [1.82, 2.24) is 0 Å². The van der Waals surface area contributed by atoms with Crippen LogP contribution in [0.25, 0.3) is 0 Å². The standard InChI is InChI=1S/C14H21NOS/c1-12-8-10-15(9-4-5-11-16)13-6-2-3-7-14(13)17-12/h2-3,6-7,12,16H,4-5,8-11H2,1H3. The van der Waals surface area contributed by atoms with Gasteiger partial charge >= 0.3 is 0 Å². The van der Waals surface area contributed by atoms with Crippen LogP contribution in [0.5, 0.6) is 0 Å². The third kappa shape index (κ3) is 3.39. The van der Waals surface area contributed by atoms with Gasteiger partial charge in [-0.25, -0.2) is 0 Å². The molecule has 1 heterocycles. The smallest absolute Gasteiger partial charge is 0.0504 e. The van der Waals surface area contributed by atoms with Crippen LogP contribution in [-0.4, -0.2) is 30.1 Å². The summed E-state index contributed by atoms with van der Waals surface area (Å²) >= 11 is 1.98. The number of aliphatic hydroxyl groups is 1. The van der Waals surface area contributed by atoms with Gasteiger partial charge in [0, 0.05) is 29.8 Å². The number of fused-ring (bicyclic) bond motifs is 1. The molecule has 1 N–H and O–H groups in total. The molecular weight excluding hydrogens is 230 g/mol. The maximum Gasteiger partial charge on any atom is 0.0504 e. The number of hydrogen-bond donors (Lipinski definition) is 1.